The summed E-state index contributed by atoms with van der Waals surface area (Å²) in [6, 6.07) is 6.84. The second-order valence-corrected chi connectivity index (χ2v) is 8.28. The van der Waals surface area contributed by atoms with Crippen LogP contribution >= 0.6 is 0 Å². The Bertz CT molecular complexity index is 685. The number of carboxylic acid groups (broad SMARTS) is 1. The molecule has 6 heteroatoms. The monoisotopic (exact) mass is 309 g/mol. The van der Waals surface area contributed by atoms with Crippen molar-refractivity contribution in [3.63, 3.8) is 0 Å². The van der Waals surface area contributed by atoms with Crippen molar-refractivity contribution in [2.24, 2.45) is 5.41 Å². The van der Waals surface area contributed by atoms with Gasteiger partial charge in [-0.15, -0.1) is 0 Å². The van der Waals surface area contributed by atoms with Gasteiger partial charge in [0.2, 0.25) is 0 Å². The first-order valence-electron chi connectivity index (χ1n) is 7.13. The molecular weight excluding hydrogens is 290 g/mol. The number of benzene rings is 1. The highest BCUT2D eigenvalue weighted by molar-refractivity contribution is 7.91. The fraction of sp³-hybridized carbons (Fsp3) is 0.533. The quantitative estimate of drug-likeness (QED) is 0.900. The number of likely N-dealkylation sites (tertiary alicyclic amines) is 1. The number of piperidine rings is 1. The lowest BCUT2D eigenvalue weighted by Gasteiger charge is -2.40. The normalized spacial score (nSPS) is 31.8. The van der Waals surface area contributed by atoms with Crippen LogP contribution in [0.2, 0.25) is 0 Å². The molecule has 0 saturated carbocycles. The molecule has 2 aliphatic heterocycles. The van der Waals surface area contributed by atoms with Crippen molar-refractivity contribution in [2.45, 2.75) is 30.7 Å². The van der Waals surface area contributed by atoms with Crippen LogP contribution in [0, 0.1) is 5.41 Å². The van der Waals surface area contributed by atoms with Crippen LogP contribution in [0.4, 0.5) is 0 Å². The zero-order valence-corrected chi connectivity index (χ0v) is 12.8. The second-order valence-electron chi connectivity index (χ2n) is 6.27. The average Bonchev–Trinajstić information content (AvgIpc) is 2.71. The van der Waals surface area contributed by atoms with Gasteiger partial charge in [0.25, 0.3) is 0 Å². The third-order valence-corrected chi connectivity index (χ3v) is 6.47. The van der Waals surface area contributed by atoms with E-state index in [2.05, 4.69) is 0 Å². The molecule has 0 aromatic heterocycles. The van der Waals surface area contributed by atoms with E-state index < -0.39 is 21.2 Å². The third-order valence-electron chi connectivity index (χ3n) is 4.67. The Morgan fingerprint density at radius 2 is 2.10 bits per heavy atom. The molecule has 1 aromatic rings. The number of hydrogen-bond donors (Lipinski definition) is 1. The standard InChI is InChI=1S/C15H19NO4S/c1-15(14(17)18)7-4-8-16(10-15)12-9-21(19,20)13-6-3-2-5-11(12)13/h2-3,5-6,12H,4,7-10H2,1H3,(H,17,18). The van der Waals surface area contributed by atoms with Crippen molar-refractivity contribution in [1.29, 1.82) is 0 Å². The maximum Gasteiger partial charge on any atom is 0.310 e. The summed E-state index contributed by atoms with van der Waals surface area (Å²) in [5, 5.41) is 9.41. The highest BCUT2D eigenvalue weighted by Gasteiger charge is 2.44. The van der Waals surface area contributed by atoms with Gasteiger partial charge in [-0.3, -0.25) is 9.69 Å². The molecule has 1 saturated heterocycles. The van der Waals surface area contributed by atoms with Crippen molar-refractivity contribution < 1.29 is 18.3 Å². The van der Waals surface area contributed by atoms with E-state index in [-0.39, 0.29) is 11.8 Å². The van der Waals surface area contributed by atoms with Gasteiger partial charge in [-0.05, 0) is 37.9 Å². The number of carbonyl (C=O) groups is 1. The predicted molar refractivity (Wildman–Crippen MR) is 77.8 cm³/mol. The van der Waals surface area contributed by atoms with Gasteiger partial charge in [0.1, 0.15) is 0 Å². The minimum absolute atomic E-state index is 0.0576. The van der Waals surface area contributed by atoms with Crippen molar-refractivity contribution in [3.05, 3.63) is 29.8 Å². The maximum atomic E-state index is 12.3. The Morgan fingerprint density at radius 1 is 1.38 bits per heavy atom. The number of aliphatic carboxylic acids is 1. The lowest BCUT2D eigenvalue weighted by Crippen LogP contribution is -2.47. The summed E-state index contributed by atoms with van der Waals surface area (Å²) in [5.41, 5.74) is 0.0200. The minimum atomic E-state index is -3.25. The summed E-state index contributed by atoms with van der Waals surface area (Å²) in [6.07, 6.45) is 1.42. The molecule has 0 bridgehead atoms. The molecule has 0 amide bonds. The van der Waals surface area contributed by atoms with Crippen LogP contribution in [-0.2, 0) is 14.6 Å². The van der Waals surface area contributed by atoms with E-state index in [0.29, 0.717) is 17.9 Å². The number of fused-ring (bicyclic) bond motifs is 1. The molecule has 3 rings (SSSR count). The Kier molecular flexibility index (Phi) is 3.33. The van der Waals surface area contributed by atoms with Gasteiger partial charge < -0.3 is 5.11 Å². The first-order chi connectivity index (χ1) is 9.83. The van der Waals surface area contributed by atoms with E-state index in [0.717, 1.165) is 18.5 Å². The average molecular weight is 309 g/mol. The van der Waals surface area contributed by atoms with E-state index in [9.17, 15) is 18.3 Å². The molecule has 0 aliphatic carbocycles. The summed E-state index contributed by atoms with van der Waals surface area (Å²) < 4.78 is 24.5. The van der Waals surface area contributed by atoms with Crippen molar-refractivity contribution >= 4 is 15.8 Å². The molecular formula is C15H19NO4S. The molecule has 2 unspecified atom stereocenters. The fourth-order valence-electron chi connectivity index (χ4n) is 3.45. The Balaban J connectivity index is 1.94. The van der Waals surface area contributed by atoms with E-state index in [1.165, 1.54) is 0 Å². The largest absolute Gasteiger partial charge is 0.481 e. The van der Waals surface area contributed by atoms with Crippen molar-refractivity contribution in [3.8, 4) is 0 Å². The molecule has 2 atom stereocenters. The molecule has 1 fully saturated rings. The summed E-state index contributed by atoms with van der Waals surface area (Å²) in [6.45, 7) is 2.89. The van der Waals surface area contributed by atoms with Crippen LogP contribution < -0.4 is 0 Å². The molecule has 21 heavy (non-hydrogen) atoms. The van der Waals surface area contributed by atoms with Gasteiger partial charge in [-0.1, -0.05) is 18.2 Å². The Labute approximate surface area is 124 Å². The predicted octanol–water partition coefficient (Wildman–Crippen LogP) is 1.70. The van der Waals surface area contributed by atoms with E-state index in [4.69, 9.17) is 0 Å². The SMILES string of the molecule is CC1(C(=O)O)CCCN(C2CS(=O)(=O)c3ccccc32)C1. The van der Waals surface area contributed by atoms with Crippen molar-refractivity contribution in [1.82, 2.24) is 4.90 Å². The van der Waals surface area contributed by atoms with Crippen molar-refractivity contribution in [2.75, 3.05) is 18.8 Å². The first kappa shape index (κ1) is 14.5. The van der Waals surface area contributed by atoms with Gasteiger partial charge in [0, 0.05) is 6.54 Å². The Morgan fingerprint density at radius 3 is 2.81 bits per heavy atom. The highest BCUT2D eigenvalue weighted by Crippen LogP contribution is 2.41. The molecule has 0 spiro atoms. The lowest BCUT2D eigenvalue weighted by molar-refractivity contribution is -0.151. The van der Waals surface area contributed by atoms with Crippen LogP contribution in [0.15, 0.2) is 29.2 Å². The molecule has 5 nitrogen and oxygen atoms in total. The number of rotatable bonds is 2. The van der Waals surface area contributed by atoms with Gasteiger partial charge in [0.15, 0.2) is 9.84 Å². The highest BCUT2D eigenvalue weighted by atomic mass is 32.2. The summed E-state index contributed by atoms with van der Waals surface area (Å²) in [4.78, 5) is 13.9. The van der Waals surface area contributed by atoms with Gasteiger partial charge in [0.05, 0.1) is 22.1 Å². The number of carboxylic acids is 1. The van der Waals surface area contributed by atoms with E-state index >= 15 is 0 Å². The van der Waals surface area contributed by atoms with Crippen LogP contribution in [-0.4, -0.2) is 43.2 Å². The van der Waals surface area contributed by atoms with E-state index in [1.54, 1.807) is 19.1 Å². The maximum absolute atomic E-state index is 12.3. The number of nitrogens with zero attached hydrogens (tertiary/aromatic N) is 1. The molecule has 1 N–H and O–H groups in total. The molecule has 0 radical (unpaired) electrons. The smallest absolute Gasteiger partial charge is 0.310 e. The first-order valence-corrected chi connectivity index (χ1v) is 8.78. The Hall–Kier alpha value is -1.40. The van der Waals surface area contributed by atoms with Gasteiger partial charge in [-0.25, -0.2) is 8.42 Å². The molecule has 1 aromatic carbocycles. The minimum Gasteiger partial charge on any atom is -0.481 e. The third kappa shape index (κ3) is 2.36. The zero-order valence-electron chi connectivity index (χ0n) is 11.9. The van der Waals surface area contributed by atoms with Crippen LogP contribution in [0.3, 0.4) is 0 Å². The van der Waals surface area contributed by atoms with E-state index in [1.807, 2.05) is 17.0 Å². The van der Waals surface area contributed by atoms with Crippen LogP contribution in [0.1, 0.15) is 31.4 Å². The number of hydrogen-bond acceptors (Lipinski definition) is 4. The summed E-state index contributed by atoms with van der Waals surface area (Å²) in [7, 11) is -3.25. The molecule has 2 aliphatic rings. The lowest BCUT2D eigenvalue weighted by atomic mass is 9.81. The number of sulfone groups is 1. The molecule has 114 valence electrons. The second kappa shape index (κ2) is 4.81. The van der Waals surface area contributed by atoms with Gasteiger partial charge in [-0.2, -0.15) is 0 Å². The molecule has 2 heterocycles. The zero-order chi connectivity index (χ0) is 15.3. The van der Waals surface area contributed by atoms with Gasteiger partial charge >= 0.3 is 5.97 Å². The fourth-order valence-corrected chi connectivity index (χ4v) is 5.28. The van der Waals surface area contributed by atoms with Crippen LogP contribution in [0.5, 0.6) is 0 Å². The van der Waals surface area contributed by atoms with Crippen LogP contribution in [0.25, 0.3) is 0 Å². The summed E-state index contributed by atoms with van der Waals surface area (Å²) in [5.74, 6) is -0.747. The summed E-state index contributed by atoms with van der Waals surface area (Å²) >= 11 is 0. The topological polar surface area (TPSA) is 74.7 Å².